The molecule has 8 rings (SSSR count). The van der Waals surface area contributed by atoms with Crippen molar-refractivity contribution in [3.63, 3.8) is 0 Å². The van der Waals surface area contributed by atoms with Crippen molar-refractivity contribution in [1.82, 2.24) is 19.1 Å². The van der Waals surface area contributed by atoms with Crippen molar-refractivity contribution in [3.8, 4) is 22.8 Å². The Bertz CT molecular complexity index is 2140. The fraction of sp³-hybridized carbons (Fsp3) is 0.0500. The minimum atomic E-state index is 0.791. The van der Waals surface area contributed by atoms with Gasteiger partial charge in [-0.05, 0) is 83.9 Å². The van der Waals surface area contributed by atoms with E-state index in [2.05, 4.69) is 206 Å². The molecule has 0 N–H and O–H groups in total. The van der Waals surface area contributed by atoms with Gasteiger partial charge in [0.2, 0.25) is 0 Å². The molecule has 0 amide bonds. The number of halogens is 4. The van der Waals surface area contributed by atoms with Crippen molar-refractivity contribution < 1.29 is 0 Å². The first kappa shape index (κ1) is 32.7. The van der Waals surface area contributed by atoms with Crippen molar-refractivity contribution in [2.24, 2.45) is 0 Å². The van der Waals surface area contributed by atoms with Gasteiger partial charge in [0.05, 0.1) is 22.1 Å². The lowest BCUT2D eigenvalue weighted by Crippen LogP contribution is -2.02. The number of hydrogen-bond donors (Lipinski definition) is 0. The lowest BCUT2D eigenvalue weighted by molar-refractivity contribution is 0.834. The van der Waals surface area contributed by atoms with Gasteiger partial charge in [-0.15, -0.1) is 0 Å². The van der Waals surface area contributed by atoms with Crippen LogP contribution in [0.15, 0.2) is 163 Å². The van der Waals surface area contributed by atoms with Crippen LogP contribution in [-0.2, 0) is 13.1 Å². The van der Waals surface area contributed by atoms with E-state index in [-0.39, 0.29) is 0 Å². The van der Waals surface area contributed by atoms with Crippen LogP contribution in [-0.4, -0.2) is 19.1 Å². The molecule has 0 saturated heterocycles. The van der Waals surface area contributed by atoms with Gasteiger partial charge in [0.25, 0.3) is 0 Å². The van der Waals surface area contributed by atoms with Crippen LogP contribution >= 0.6 is 63.7 Å². The van der Waals surface area contributed by atoms with Gasteiger partial charge in [-0.25, -0.2) is 9.97 Å². The first-order valence-electron chi connectivity index (χ1n) is 15.3. The zero-order valence-corrected chi connectivity index (χ0v) is 31.9. The lowest BCUT2D eigenvalue weighted by atomic mass is 10.2. The number of nitrogens with zero attached hydrogens (tertiary/aromatic N) is 4. The summed E-state index contributed by atoms with van der Waals surface area (Å²) in [4.78, 5) is 9.73. The maximum Gasteiger partial charge on any atom is 0.141 e. The summed E-state index contributed by atoms with van der Waals surface area (Å²) in [7, 11) is 0. The molecule has 0 saturated carbocycles. The smallest absolute Gasteiger partial charge is 0.141 e. The number of hydrogen-bond acceptors (Lipinski definition) is 2. The molecule has 8 aromatic rings. The molecule has 0 spiro atoms. The van der Waals surface area contributed by atoms with Crippen LogP contribution in [0, 0.1) is 0 Å². The van der Waals surface area contributed by atoms with Crippen LogP contribution in [0.5, 0.6) is 0 Å². The predicted octanol–water partition coefficient (Wildman–Crippen LogP) is 12.6. The van der Waals surface area contributed by atoms with Gasteiger partial charge in [0.15, 0.2) is 0 Å². The molecule has 0 aliphatic rings. The number of fused-ring (bicyclic) bond motifs is 2. The van der Waals surface area contributed by atoms with Gasteiger partial charge in [-0.2, -0.15) is 0 Å². The van der Waals surface area contributed by atoms with E-state index in [1.54, 1.807) is 0 Å². The van der Waals surface area contributed by atoms with Gasteiger partial charge in [0.1, 0.15) is 11.6 Å². The van der Waals surface area contributed by atoms with E-state index in [0.29, 0.717) is 0 Å². The molecule has 6 aromatic carbocycles. The Kier molecular flexibility index (Phi) is 10.0. The summed E-state index contributed by atoms with van der Waals surface area (Å²) in [6, 6.07) is 50.1. The summed E-state index contributed by atoms with van der Waals surface area (Å²) in [6.07, 6.45) is 0. The standard InChI is InChI=1S/2C20H14Br2N2/c2*21-16-9-5-14(6-10-16)13-24-19-4-2-1-3-18(19)23-20(24)15-7-11-17(22)12-8-15/h2*1-12H,13H2. The Morgan fingerprint density at radius 2 is 0.688 bits per heavy atom. The molecule has 0 aliphatic heterocycles. The molecule has 4 nitrogen and oxygen atoms in total. The van der Waals surface area contributed by atoms with Crippen molar-refractivity contribution in [1.29, 1.82) is 0 Å². The Hall–Kier alpha value is -3.82. The third kappa shape index (κ3) is 7.42. The van der Waals surface area contributed by atoms with E-state index in [0.717, 1.165) is 75.8 Å². The molecule has 0 unspecified atom stereocenters. The first-order chi connectivity index (χ1) is 23.4. The van der Waals surface area contributed by atoms with Gasteiger partial charge in [0, 0.05) is 42.1 Å². The lowest BCUT2D eigenvalue weighted by Gasteiger charge is -2.10. The van der Waals surface area contributed by atoms with Gasteiger partial charge < -0.3 is 9.13 Å². The summed E-state index contributed by atoms with van der Waals surface area (Å²) in [5.41, 5.74) is 9.08. The maximum absolute atomic E-state index is 4.86. The number of para-hydroxylation sites is 4. The minimum Gasteiger partial charge on any atom is -0.319 e. The Balaban J connectivity index is 0.000000152. The first-order valence-corrected chi connectivity index (χ1v) is 18.5. The van der Waals surface area contributed by atoms with Gasteiger partial charge >= 0.3 is 0 Å². The monoisotopic (exact) mass is 880 g/mol. The predicted molar refractivity (Wildman–Crippen MR) is 212 cm³/mol. The summed E-state index contributed by atoms with van der Waals surface area (Å²) in [6.45, 7) is 1.58. The molecular formula is C40H28Br4N4. The van der Waals surface area contributed by atoms with Crippen LogP contribution in [0.4, 0.5) is 0 Å². The van der Waals surface area contributed by atoms with Crippen LogP contribution in [0.3, 0.4) is 0 Å². The average molecular weight is 884 g/mol. The van der Waals surface area contributed by atoms with E-state index in [1.807, 2.05) is 12.1 Å². The molecule has 0 radical (unpaired) electrons. The Morgan fingerprint density at radius 1 is 0.375 bits per heavy atom. The molecular weight excluding hydrogens is 856 g/mol. The van der Waals surface area contributed by atoms with E-state index in [9.17, 15) is 0 Å². The van der Waals surface area contributed by atoms with Crippen LogP contribution < -0.4 is 0 Å². The summed E-state index contributed by atoms with van der Waals surface area (Å²) in [5.74, 6) is 1.98. The summed E-state index contributed by atoms with van der Waals surface area (Å²) in [5, 5.41) is 0. The van der Waals surface area contributed by atoms with E-state index < -0.39 is 0 Å². The largest absolute Gasteiger partial charge is 0.319 e. The highest BCUT2D eigenvalue weighted by Crippen LogP contribution is 2.29. The average Bonchev–Trinajstić information content (AvgIpc) is 3.66. The van der Waals surface area contributed by atoms with Crippen LogP contribution in [0.25, 0.3) is 44.8 Å². The zero-order valence-electron chi connectivity index (χ0n) is 25.6. The number of rotatable bonds is 6. The van der Waals surface area contributed by atoms with Crippen LogP contribution in [0.2, 0.25) is 0 Å². The third-order valence-corrected chi connectivity index (χ3v) is 10.1. The fourth-order valence-corrected chi connectivity index (χ4v) is 6.71. The fourth-order valence-electron chi connectivity index (χ4n) is 5.65. The number of benzene rings is 6. The Morgan fingerprint density at radius 3 is 1.04 bits per heavy atom. The summed E-state index contributed by atoms with van der Waals surface area (Å²) < 4.78 is 8.89. The SMILES string of the molecule is Brc1ccc(Cn2c(-c3ccc(Br)cc3)nc3ccccc32)cc1.Brc1ccc(Cn2c(-c3ccc(Br)cc3)nc3ccccc32)cc1. The van der Waals surface area contributed by atoms with Gasteiger partial charge in [-0.3, -0.25) is 0 Å². The Labute approximate surface area is 313 Å². The van der Waals surface area contributed by atoms with Crippen molar-refractivity contribution in [2.75, 3.05) is 0 Å². The highest BCUT2D eigenvalue weighted by Gasteiger charge is 2.14. The van der Waals surface area contributed by atoms with Crippen molar-refractivity contribution in [3.05, 3.63) is 175 Å². The molecule has 0 fully saturated rings. The maximum atomic E-state index is 4.86. The second kappa shape index (κ2) is 14.7. The second-order valence-electron chi connectivity index (χ2n) is 11.3. The number of aromatic nitrogens is 4. The highest BCUT2D eigenvalue weighted by molar-refractivity contribution is 9.11. The molecule has 2 heterocycles. The van der Waals surface area contributed by atoms with Crippen molar-refractivity contribution in [2.45, 2.75) is 13.1 Å². The van der Waals surface area contributed by atoms with Crippen LogP contribution in [0.1, 0.15) is 11.1 Å². The second-order valence-corrected chi connectivity index (χ2v) is 14.9. The minimum absolute atomic E-state index is 0.791. The highest BCUT2D eigenvalue weighted by atomic mass is 79.9. The third-order valence-electron chi connectivity index (χ3n) is 8.02. The van der Waals surface area contributed by atoms with E-state index in [1.165, 1.54) is 11.1 Å². The quantitative estimate of drug-likeness (QED) is 0.167. The molecule has 0 aliphatic carbocycles. The topological polar surface area (TPSA) is 35.6 Å². The van der Waals surface area contributed by atoms with Gasteiger partial charge in [-0.1, -0.05) is 137 Å². The zero-order chi connectivity index (χ0) is 33.0. The molecule has 48 heavy (non-hydrogen) atoms. The van der Waals surface area contributed by atoms with E-state index in [4.69, 9.17) is 9.97 Å². The summed E-state index contributed by atoms with van der Waals surface area (Å²) >= 11 is 14.0. The normalized spacial score (nSPS) is 11.1. The molecule has 0 bridgehead atoms. The van der Waals surface area contributed by atoms with E-state index >= 15 is 0 Å². The number of imidazole rings is 2. The van der Waals surface area contributed by atoms with Crippen molar-refractivity contribution >= 4 is 85.8 Å². The molecule has 236 valence electrons. The molecule has 0 atom stereocenters. The molecule has 8 heteroatoms. The molecule has 2 aromatic heterocycles.